The van der Waals surface area contributed by atoms with E-state index in [0.717, 1.165) is 6.20 Å². The number of hydrogen-bond acceptors (Lipinski definition) is 3. The Morgan fingerprint density at radius 2 is 2.17 bits per heavy atom. The first-order valence-corrected chi connectivity index (χ1v) is 4.70. The monoisotopic (exact) mass is 259 g/mol. The lowest BCUT2D eigenvalue weighted by Crippen LogP contribution is -2.21. The van der Waals surface area contributed by atoms with Gasteiger partial charge in [-0.2, -0.15) is 13.2 Å². The molecule has 0 spiro atoms. The summed E-state index contributed by atoms with van der Waals surface area (Å²) in [5.41, 5.74) is -2.60. The van der Waals surface area contributed by atoms with Gasteiger partial charge in [-0.15, -0.1) is 0 Å². The van der Waals surface area contributed by atoms with E-state index in [1.165, 1.54) is 7.11 Å². The van der Waals surface area contributed by atoms with Crippen molar-refractivity contribution in [3.8, 4) is 11.8 Å². The van der Waals surface area contributed by atoms with Gasteiger partial charge in [-0.1, -0.05) is 11.8 Å². The van der Waals surface area contributed by atoms with Gasteiger partial charge in [0.05, 0.1) is 7.11 Å². The molecule has 0 aliphatic rings. The van der Waals surface area contributed by atoms with Crippen LogP contribution in [0.5, 0.6) is 0 Å². The molecule has 1 aromatic heterocycles. The molecular weight excluding hydrogens is 251 g/mol. The van der Waals surface area contributed by atoms with Crippen LogP contribution >= 0.6 is 0 Å². The number of aromatic amines is 1. The molecule has 18 heavy (non-hydrogen) atoms. The predicted molar refractivity (Wildman–Crippen MR) is 55.6 cm³/mol. The molecule has 0 atom stereocenters. The van der Waals surface area contributed by atoms with Crippen LogP contribution in [0, 0.1) is 11.8 Å². The molecule has 96 valence electrons. The maximum atomic E-state index is 12.4. The van der Waals surface area contributed by atoms with Gasteiger partial charge in [-0.3, -0.25) is 9.59 Å². The van der Waals surface area contributed by atoms with Crippen LogP contribution in [0.3, 0.4) is 0 Å². The molecule has 4 nitrogen and oxygen atoms in total. The maximum Gasteiger partial charge on any atom is 0.421 e. The summed E-state index contributed by atoms with van der Waals surface area (Å²) >= 11 is 0. The SMILES string of the molecule is COC(=O)CC#Cc1c[nH]c(=O)c(C(F)(F)F)c1. The summed E-state index contributed by atoms with van der Waals surface area (Å²) in [5, 5.41) is 0. The Morgan fingerprint density at radius 1 is 1.50 bits per heavy atom. The predicted octanol–water partition coefficient (Wildman–Crippen LogP) is 1.31. The van der Waals surface area contributed by atoms with E-state index in [1.54, 1.807) is 0 Å². The third-order valence-corrected chi connectivity index (χ3v) is 1.90. The molecule has 1 rings (SSSR count). The first kappa shape index (κ1) is 13.8. The Labute approximate surface area is 99.8 Å². The molecule has 0 bridgehead atoms. The highest BCUT2D eigenvalue weighted by atomic mass is 19.4. The summed E-state index contributed by atoms with van der Waals surface area (Å²) in [4.78, 5) is 23.6. The van der Waals surface area contributed by atoms with Crippen molar-refractivity contribution in [2.45, 2.75) is 12.6 Å². The lowest BCUT2D eigenvalue weighted by molar-refractivity contribution is -0.140. The average molecular weight is 259 g/mol. The minimum absolute atomic E-state index is 0.0363. The Kier molecular flexibility index (Phi) is 4.15. The van der Waals surface area contributed by atoms with Gasteiger partial charge in [-0.05, 0) is 6.07 Å². The van der Waals surface area contributed by atoms with Crippen LogP contribution < -0.4 is 5.56 Å². The molecule has 7 heteroatoms. The Morgan fingerprint density at radius 3 is 2.72 bits per heavy atom. The van der Waals surface area contributed by atoms with Gasteiger partial charge in [0.15, 0.2) is 0 Å². The van der Waals surface area contributed by atoms with Gasteiger partial charge in [0.2, 0.25) is 0 Å². The fourth-order valence-electron chi connectivity index (χ4n) is 1.06. The normalized spacial score (nSPS) is 10.4. The number of carbonyl (C=O) groups is 1. The Balaban J connectivity index is 3.00. The van der Waals surface area contributed by atoms with Crippen LogP contribution in [0.2, 0.25) is 0 Å². The molecule has 0 unspecified atom stereocenters. The maximum absolute atomic E-state index is 12.4. The number of alkyl halides is 3. The summed E-state index contributed by atoms with van der Waals surface area (Å²) < 4.78 is 41.5. The van der Waals surface area contributed by atoms with Gasteiger partial charge in [0, 0.05) is 11.8 Å². The molecule has 0 amide bonds. The molecule has 1 heterocycles. The van der Waals surface area contributed by atoms with Crippen molar-refractivity contribution in [2.24, 2.45) is 0 Å². The van der Waals surface area contributed by atoms with Gasteiger partial charge >= 0.3 is 12.1 Å². The second-order valence-electron chi connectivity index (χ2n) is 3.18. The van der Waals surface area contributed by atoms with Gasteiger partial charge < -0.3 is 9.72 Å². The zero-order chi connectivity index (χ0) is 13.8. The standard InChI is InChI=1S/C11H8F3NO3/c1-18-9(16)4-2-3-7-5-8(11(12,13)14)10(17)15-6-7/h5-6H,4H2,1H3,(H,15,17). The van der Waals surface area contributed by atoms with Crippen molar-refractivity contribution < 1.29 is 22.7 Å². The highest BCUT2D eigenvalue weighted by molar-refractivity contribution is 5.72. The van der Waals surface area contributed by atoms with Crippen LogP contribution in [-0.2, 0) is 15.7 Å². The zero-order valence-corrected chi connectivity index (χ0v) is 9.22. The molecular formula is C11H8F3NO3. The lowest BCUT2D eigenvalue weighted by Gasteiger charge is -2.04. The second kappa shape index (κ2) is 5.40. The van der Waals surface area contributed by atoms with Gasteiger partial charge in [0.1, 0.15) is 12.0 Å². The topological polar surface area (TPSA) is 59.2 Å². The molecule has 0 saturated heterocycles. The zero-order valence-electron chi connectivity index (χ0n) is 9.22. The third-order valence-electron chi connectivity index (χ3n) is 1.90. The van der Waals surface area contributed by atoms with E-state index in [0.29, 0.717) is 6.07 Å². The number of rotatable bonds is 1. The summed E-state index contributed by atoms with van der Waals surface area (Å²) in [6.07, 6.45) is -3.94. The van der Waals surface area contributed by atoms with Gasteiger partial charge in [0.25, 0.3) is 5.56 Å². The number of halogens is 3. The summed E-state index contributed by atoms with van der Waals surface area (Å²) in [7, 11) is 1.17. The fraction of sp³-hybridized carbons (Fsp3) is 0.273. The summed E-state index contributed by atoms with van der Waals surface area (Å²) in [6, 6.07) is 0.628. The molecule has 1 N–H and O–H groups in total. The molecule has 0 saturated carbocycles. The number of nitrogens with one attached hydrogen (secondary N) is 1. The largest absolute Gasteiger partial charge is 0.468 e. The highest BCUT2D eigenvalue weighted by Gasteiger charge is 2.33. The van der Waals surface area contributed by atoms with Crippen molar-refractivity contribution in [1.82, 2.24) is 4.98 Å². The number of esters is 1. The van der Waals surface area contributed by atoms with Crippen molar-refractivity contribution >= 4 is 5.97 Å². The van der Waals surface area contributed by atoms with Crippen LogP contribution in [0.15, 0.2) is 17.1 Å². The third kappa shape index (κ3) is 3.66. The highest BCUT2D eigenvalue weighted by Crippen LogP contribution is 2.26. The number of carbonyl (C=O) groups excluding carboxylic acids is 1. The van der Waals surface area contributed by atoms with Crippen molar-refractivity contribution in [2.75, 3.05) is 7.11 Å². The first-order valence-electron chi connectivity index (χ1n) is 4.70. The average Bonchev–Trinajstić information content (AvgIpc) is 2.29. The minimum Gasteiger partial charge on any atom is -0.468 e. The molecule has 0 aromatic carbocycles. The van der Waals surface area contributed by atoms with E-state index in [4.69, 9.17) is 0 Å². The van der Waals surface area contributed by atoms with E-state index in [1.807, 2.05) is 4.98 Å². The molecule has 0 aliphatic carbocycles. The van der Waals surface area contributed by atoms with Crippen LogP contribution in [0.4, 0.5) is 13.2 Å². The van der Waals surface area contributed by atoms with Crippen molar-refractivity contribution in [1.29, 1.82) is 0 Å². The number of aromatic nitrogens is 1. The molecule has 1 aromatic rings. The summed E-state index contributed by atoms with van der Waals surface area (Å²) in [6.45, 7) is 0. The van der Waals surface area contributed by atoms with E-state index >= 15 is 0 Å². The van der Waals surface area contributed by atoms with E-state index in [9.17, 15) is 22.8 Å². The number of methoxy groups -OCH3 is 1. The molecule has 0 fully saturated rings. The fourth-order valence-corrected chi connectivity index (χ4v) is 1.06. The van der Waals surface area contributed by atoms with E-state index < -0.39 is 23.3 Å². The quantitative estimate of drug-likeness (QED) is 0.611. The van der Waals surface area contributed by atoms with Crippen molar-refractivity contribution in [3.05, 3.63) is 33.7 Å². The molecule has 0 radical (unpaired) electrons. The number of hydrogen-bond donors (Lipinski definition) is 1. The number of pyridine rings is 1. The lowest BCUT2D eigenvalue weighted by atomic mass is 10.2. The minimum atomic E-state index is -4.74. The summed E-state index contributed by atoms with van der Waals surface area (Å²) in [5.74, 6) is 4.07. The number of ether oxygens (including phenoxy) is 1. The smallest absolute Gasteiger partial charge is 0.421 e. The first-order chi connectivity index (χ1) is 8.34. The van der Waals surface area contributed by atoms with Crippen LogP contribution in [-0.4, -0.2) is 18.1 Å². The Hall–Kier alpha value is -2.23. The Bertz CT molecular complexity index is 563. The van der Waals surface area contributed by atoms with Crippen LogP contribution in [0.1, 0.15) is 17.5 Å². The number of H-pyrrole nitrogens is 1. The molecule has 0 aliphatic heterocycles. The van der Waals surface area contributed by atoms with E-state index in [2.05, 4.69) is 16.6 Å². The van der Waals surface area contributed by atoms with E-state index in [-0.39, 0.29) is 12.0 Å². The van der Waals surface area contributed by atoms with Crippen LogP contribution in [0.25, 0.3) is 0 Å². The van der Waals surface area contributed by atoms with Crippen molar-refractivity contribution in [3.63, 3.8) is 0 Å². The van der Waals surface area contributed by atoms with Gasteiger partial charge in [-0.25, -0.2) is 0 Å². The second-order valence-corrected chi connectivity index (χ2v) is 3.18.